The van der Waals surface area contributed by atoms with Crippen molar-refractivity contribution in [2.24, 2.45) is 0 Å². The maximum atomic E-state index is 12.9. The number of rotatable bonds is 6. The molecule has 2 aliphatic rings. The molecule has 4 rings (SSSR count). The van der Waals surface area contributed by atoms with Crippen LogP contribution < -0.4 is 15.5 Å². The third-order valence-electron chi connectivity index (χ3n) is 5.58. The molecule has 8 nitrogen and oxygen atoms in total. The second-order valence-electron chi connectivity index (χ2n) is 7.65. The highest BCUT2D eigenvalue weighted by Gasteiger charge is 2.34. The van der Waals surface area contributed by atoms with Crippen LogP contribution in [0.25, 0.3) is 0 Å². The van der Waals surface area contributed by atoms with Gasteiger partial charge in [-0.1, -0.05) is 29.8 Å². The van der Waals surface area contributed by atoms with E-state index in [4.69, 9.17) is 16.3 Å². The number of anilines is 1. The Morgan fingerprint density at radius 2 is 1.91 bits per heavy atom. The van der Waals surface area contributed by atoms with Crippen LogP contribution in [-0.2, 0) is 9.53 Å². The van der Waals surface area contributed by atoms with E-state index in [1.54, 1.807) is 37.4 Å². The summed E-state index contributed by atoms with van der Waals surface area (Å²) < 4.78 is 5.34. The zero-order valence-electron chi connectivity index (χ0n) is 17.9. The minimum Gasteiger partial charge on any atom is -0.463 e. The number of piperazine rings is 1. The molecule has 2 amide bonds. The summed E-state index contributed by atoms with van der Waals surface area (Å²) in [6, 6.07) is 12.0. The van der Waals surface area contributed by atoms with E-state index in [1.165, 1.54) is 0 Å². The SMILES string of the molecule is CCOC(=O)C1=C(CN2CCN(c3ccccn3)CC2)NC(=O)N[C@H]1c1ccc(Cl)cc1. The number of carbonyl (C=O) groups is 2. The summed E-state index contributed by atoms with van der Waals surface area (Å²) in [7, 11) is 0. The molecule has 3 heterocycles. The van der Waals surface area contributed by atoms with Gasteiger partial charge in [-0.05, 0) is 36.8 Å². The molecule has 1 aromatic heterocycles. The highest BCUT2D eigenvalue weighted by molar-refractivity contribution is 6.30. The molecule has 32 heavy (non-hydrogen) atoms. The number of nitrogens with zero attached hydrogens (tertiary/aromatic N) is 3. The fraction of sp³-hybridized carbons (Fsp3) is 0.348. The monoisotopic (exact) mass is 455 g/mol. The Bertz CT molecular complexity index is 988. The van der Waals surface area contributed by atoms with Crippen LogP contribution in [-0.4, -0.2) is 61.2 Å². The number of hydrogen-bond donors (Lipinski definition) is 2. The van der Waals surface area contributed by atoms with E-state index in [1.807, 2.05) is 18.2 Å². The summed E-state index contributed by atoms with van der Waals surface area (Å²) in [4.78, 5) is 34.2. The van der Waals surface area contributed by atoms with Gasteiger partial charge in [-0.3, -0.25) is 4.90 Å². The number of urea groups is 1. The number of amides is 2. The van der Waals surface area contributed by atoms with Gasteiger partial charge < -0.3 is 20.3 Å². The molecule has 1 fully saturated rings. The number of aromatic nitrogens is 1. The summed E-state index contributed by atoms with van der Waals surface area (Å²) in [6.45, 7) is 5.65. The van der Waals surface area contributed by atoms with Crippen molar-refractivity contribution in [2.75, 3.05) is 44.2 Å². The maximum Gasteiger partial charge on any atom is 0.338 e. The van der Waals surface area contributed by atoms with Gasteiger partial charge in [0.15, 0.2) is 0 Å². The molecule has 9 heteroatoms. The van der Waals surface area contributed by atoms with Crippen LogP contribution in [0.4, 0.5) is 10.6 Å². The average molecular weight is 456 g/mol. The molecule has 0 bridgehead atoms. The van der Waals surface area contributed by atoms with Crippen LogP contribution in [0.2, 0.25) is 5.02 Å². The molecule has 2 aliphatic heterocycles. The molecule has 168 valence electrons. The minimum atomic E-state index is -0.607. The summed E-state index contributed by atoms with van der Waals surface area (Å²) >= 11 is 6.02. The van der Waals surface area contributed by atoms with Gasteiger partial charge in [-0.15, -0.1) is 0 Å². The number of hydrogen-bond acceptors (Lipinski definition) is 6. The Morgan fingerprint density at radius 1 is 1.16 bits per heavy atom. The topological polar surface area (TPSA) is 86.8 Å². The zero-order chi connectivity index (χ0) is 22.5. The number of ether oxygens (including phenoxy) is 1. The largest absolute Gasteiger partial charge is 0.463 e. The molecule has 0 aliphatic carbocycles. The number of nitrogens with one attached hydrogen (secondary N) is 2. The molecule has 1 saturated heterocycles. The molecule has 0 radical (unpaired) electrons. The third kappa shape index (κ3) is 5.03. The van der Waals surface area contributed by atoms with Gasteiger partial charge in [0.2, 0.25) is 0 Å². The molecular weight excluding hydrogens is 430 g/mol. The van der Waals surface area contributed by atoms with E-state index in [9.17, 15) is 9.59 Å². The third-order valence-corrected chi connectivity index (χ3v) is 5.83. The van der Waals surface area contributed by atoms with Gasteiger partial charge in [-0.25, -0.2) is 14.6 Å². The predicted octanol–water partition coefficient (Wildman–Crippen LogP) is 2.73. The van der Waals surface area contributed by atoms with Crippen molar-refractivity contribution >= 4 is 29.4 Å². The van der Waals surface area contributed by atoms with Crippen LogP contribution in [0.3, 0.4) is 0 Å². The molecule has 1 atom stereocenters. The molecule has 2 aromatic rings. The van der Waals surface area contributed by atoms with Gasteiger partial charge in [0, 0.05) is 49.6 Å². The first-order chi connectivity index (χ1) is 15.5. The molecule has 0 unspecified atom stereocenters. The van der Waals surface area contributed by atoms with E-state index < -0.39 is 12.0 Å². The smallest absolute Gasteiger partial charge is 0.338 e. The summed E-state index contributed by atoms with van der Waals surface area (Å²) in [5, 5.41) is 6.28. The number of carbonyl (C=O) groups excluding carboxylic acids is 2. The summed E-state index contributed by atoms with van der Waals surface area (Å²) in [5.41, 5.74) is 1.75. The summed E-state index contributed by atoms with van der Waals surface area (Å²) in [5.74, 6) is 0.513. The van der Waals surface area contributed by atoms with Crippen molar-refractivity contribution in [3.05, 3.63) is 70.5 Å². The lowest BCUT2D eigenvalue weighted by Crippen LogP contribution is -2.52. The lowest BCUT2D eigenvalue weighted by atomic mass is 9.95. The van der Waals surface area contributed by atoms with E-state index in [0.717, 1.165) is 37.6 Å². The van der Waals surface area contributed by atoms with E-state index in [-0.39, 0.29) is 12.6 Å². The molecular formula is C23H26ClN5O3. The standard InChI is InChI=1S/C23H26ClN5O3/c1-2-32-22(30)20-18(26-23(31)27-21(20)16-6-8-17(24)9-7-16)15-28-11-13-29(14-12-28)19-5-3-4-10-25-19/h3-10,21H,2,11-15H2,1H3,(H2,26,27,31)/t21-/m0/s1. The number of esters is 1. The second kappa shape index (κ2) is 10.0. The first-order valence-electron chi connectivity index (χ1n) is 10.7. The first-order valence-corrected chi connectivity index (χ1v) is 11.0. The lowest BCUT2D eigenvalue weighted by Gasteiger charge is -2.37. The summed E-state index contributed by atoms with van der Waals surface area (Å²) in [6.07, 6.45) is 1.79. The van der Waals surface area contributed by atoms with E-state index in [0.29, 0.717) is 22.8 Å². The van der Waals surface area contributed by atoms with Crippen molar-refractivity contribution in [3.63, 3.8) is 0 Å². The Balaban J connectivity index is 1.56. The lowest BCUT2D eigenvalue weighted by molar-refractivity contribution is -0.139. The Hall–Kier alpha value is -3.10. The van der Waals surface area contributed by atoms with Crippen LogP contribution >= 0.6 is 11.6 Å². The fourth-order valence-corrected chi connectivity index (χ4v) is 4.12. The predicted molar refractivity (Wildman–Crippen MR) is 122 cm³/mol. The molecule has 1 aromatic carbocycles. The number of benzene rings is 1. The van der Waals surface area contributed by atoms with Gasteiger partial charge in [0.25, 0.3) is 0 Å². The van der Waals surface area contributed by atoms with Crippen molar-refractivity contribution in [3.8, 4) is 0 Å². The van der Waals surface area contributed by atoms with Crippen molar-refractivity contribution in [2.45, 2.75) is 13.0 Å². The van der Waals surface area contributed by atoms with Crippen molar-refractivity contribution in [1.29, 1.82) is 0 Å². The first kappa shape index (κ1) is 22.1. The van der Waals surface area contributed by atoms with E-state index in [2.05, 4.69) is 25.4 Å². The zero-order valence-corrected chi connectivity index (χ0v) is 18.6. The van der Waals surface area contributed by atoms with Crippen molar-refractivity contribution < 1.29 is 14.3 Å². The molecule has 0 spiro atoms. The average Bonchev–Trinajstić information content (AvgIpc) is 2.80. The van der Waals surface area contributed by atoms with Crippen LogP contribution in [0.5, 0.6) is 0 Å². The van der Waals surface area contributed by atoms with Gasteiger partial charge in [0.05, 0.1) is 18.2 Å². The maximum absolute atomic E-state index is 12.9. The van der Waals surface area contributed by atoms with E-state index >= 15 is 0 Å². The Kier molecular flexibility index (Phi) is 6.92. The van der Waals surface area contributed by atoms with Crippen LogP contribution in [0.15, 0.2) is 59.9 Å². The highest BCUT2D eigenvalue weighted by atomic mass is 35.5. The second-order valence-corrected chi connectivity index (χ2v) is 8.08. The van der Waals surface area contributed by atoms with Gasteiger partial charge >= 0.3 is 12.0 Å². The highest BCUT2D eigenvalue weighted by Crippen LogP contribution is 2.29. The Labute approximate surface area is 192 Å². The molecule has 2 N–H and O–H groups in total. The Morgan fingerprint density at radius 3 is 2.56 bits per heavy atom. The fourth-order valence-electron chi connectivity index (χ4n) is 4.00. The molecule has 0 saturated carbocycles. The number of halogens is 1. The minimum absolute atomic E-state index is 0.250. The van der Waals surface area contributed by atoms with Gasteiger partial charge in [-0.2, -0.15) is 0 Å². The normalized spacial score (nSPS) is 19.4. The van der Waals surface area contributed by atoms with Crippen LogP contribution in [0, 0.1) is 0 Å². The van der Waals surface area contributed by atoms with Gasteiger partial charge in [0.1, 0.15) is 5.82 Å². The van der Waals surface area contributed by atoms with Crippen molar-refractivity contribution in [1.82, 2.24) is 20.5 Å². The quantitative estimate of drug-likeness (QED) is 0.651. The van der Waals surface area contributed by atoms with Crippen LogP contribution in [0.1, 0.15) is 18.5 Å². The number of pyridine rings is 1.